The Morgan fingerprint density at radius 2 is 1.18 bits per heavy atom. The number of carbonyl (C=O) groups excluding carboxylic acids is 4. The van der Waals surface area contributed by atoms with Crippen molar-refractivity contribution in [1.82, 2.24) is 0 Å². The summed E-state index contributed by atoms with van der Waals surface area (Å²) in [4.78, 5) is 48.6. The van der Waals surface area contributed by atoms with Crippen LogP contribution in [0.4, 0.5) is 0 Å². The van der Waals surface area contributed by atoms with Gasteiger partial charge in [0.15, 0.2) is 11.6 Å². The Balaban J connectivity index is 0.000000155. The highest BCUT2D eigenvalue weighted by molar-refractivity contribution is 8.19. The van der Waals surface area contributed by atoms with E-state index in [1.165, 1.54) is 5.56 Å². The average molecular weight is 557 g/mol. The van der Waals surface area contributed by atoms with Crippen molar-refractivity contribution < 1.29 is 23.6 Å². The van der Waals surface area contributed by atoms with E-state index in [2.05, 4.69) is 12.1 Å². The number of benzene rings is 2. The molecule has 2 aromatic carbocycles. The molecule has 0 atom stereocenters. The first-order valence-corrected chi connectivity index (χ1v) is 14.1. The fourth-order valence-electron chi connectivity index (χ4n) is 3.72. The number of rotatable bonds is 4. The Morgan fingerprint density at radius 1 is 0.605 bits per heavy atom. The molecule has 8 heteroatoms. The van der Waals surface area contributed by atoms with Crippen molar-refractivity contribution in [2.24, 2.45) is 0 Å². The van der Waals surface area contributed by atoms with Gasteiger partial charge in [0.05, 0.1) is 22.7 Å². The molecule has 0 aliphatic carbocycles. The molecule has 0 saturated carbocycles. The predicted molar refractivity (Wildman–Crippen MR) is 154 cm³/mol. The first-order valence-electron chi connectivity index (χ1n) is 11.7. The lowest BCUT2D eigenvalue weighted by molar-refractivity contribution is -0.120. The Kier molecular flexibility index (Phi) is 8.03. The second kappa shape index (κ2) is 11.8. The van der Waals surface area contributed by atoms with E-state index in [1.807, 2.05) is 72.8 Å². The van der Waals surface area contributed by atoms with E-state index >= 15 is 0 Å². The molecule has 6 rings (SSSR count). The predicted octanol–water partition coefficient (Wildman–Crippen LogP) is 7.51. The van der Waals surface area contributed by atoms with Crippen LogP contribution in [0.1, 0.15) is 23.5 Å². The standard InChI is InChI=1S/C15H10O3S.C15H10O2S2/c2*16-12-9-15(17)19-14(12)8-11-6-7-13(18-11)10-4-2-1-3-5-10/h2*1-8H,9H2. The number of allylic oxidation sites excluding steroid dienone is 2. The zero-order valence-electron chi connectivity index (χ0n) is 19.9. The fourth-order valence-corrected chi connectivity index (χ4v) is 6.38. The quantitative estimate of drug-likeness (QED) is 0.190. The number of thiophene rings is 1. The fraction of sp³-hybridized carbons (Fsp3) is 0.0667. The lowest BCUT2D eigenvalue weighted by Crippen LogP contribution is -1.91. The smallest absolute Gasteiger partial charge is 0.201 e. The van der Waals surface area contributed by atoms with Gasteiger partial charge in [-0.25, -0.2) is 0 Å². The SMILES string of the molecule is O=C1CC(=O)C(=Cc2ccc(-c3ccccc3)o2)S1.O=C1CC(=O)C(=Cc2ccc(-c3ccccc3)s2)S1. The molecular formula is C30H20O5S3. The van der Waals surface area contributed by atoms with E-state index in [4.69, 9.17) is 4.42 Å². The van der Waals surface area contributed by atoms with Crippen LogP contribution in [0, 0.1) is 0 Å². The summed E-state index contributed by atoms with van der Waals surface area (Å²) in [6, 6.07) is 27.5. The maximum atomic E-state index is 11.6. The van der Waals surface area contributed by atoms with E-state index in [9.17, 15) is 19.2 Å². The zero-order chi connectivity index (χ0) is 26.5. The van der Waals surface area contributed by atoms with Gasteiger partial charge in [0, 0.05) is 15.3 Å². The minimum Gasteiger partial charge on any atom is -0.457 e. The van der Waals surface area contributed by atoms with Gasteiger partial charge in [0.1, 0.15) is 11.5 Å². The van der Waals surface area contributed by atoms with Crippen LogP contribution in [-0.2, 0) is 19.2 Å². The Bertz CT molecular complexity index is 1460. The molecule has 0 radical (unpaired) electrons. The molecule has 4 aromatic rings. The van der Waals surface area contributed by atoms with Crippen molar-refractivity contribution >= 4 is 68.8 Å². The van der Waals surface area contributed by atoms with Crippen LogP contribution in [0.25, 0.3) is 33.9 Å². The van der Waals surface area contributed by atoms with E-state index < -0.39 is 0 Å². The summed E-state index contributed by atoms with van der Waals surface area (Å²) in [6.45, 7) is 0. The van der Waals surface area contributed by atoms with E-state index in [0.29, 0.717) is 15.6 Å². The molecule has 0 spiro atoms. The van der Waals surface area contributed by atoms with Crippen LogP contribution >= 0.6 is 34.9 Å². The summed E-state index contributed by atoms with van der Waals surface area (Å²) >= 11 is 3.66. The molecule has 188 valence electrons. The van der Waals surface area contributed by atoms with Crippen LogP contribution in [0.15, 0.2) is 99.2 Å². The first-order chi connectivity index (χ1) is 18.4. The highest BCUT2D eigenvalue weighted by Crippen LogP contribution is 2.35. The summed E-state index contributed by atoms with van der Waals surface area (Å²) in [5, 5.41) is -0.165. The topological polar surface area (TPSA) is 81.4 Å². The normalized spacial score (nSPS) is 17.4. The summed E-state index contributed by atoms with van der Waals surface area (Å²) in [5.41, 5.74) is 2.15. The highest BCUT2D eigenvalue weighted by atomic mass is 32.2. The molecule has 2 fully saturated rings. The molecule has 0 amide bonds. The van der Waals surface area contributed by atoms with Crippen molar-refractivity contribution in [3.63, 3.8) is 0 Å². The number of Topliss-reactive ketones (excluding diaryl/α,β-unsaturated/α-hetero) is 2. The second-order valence-corrected chi connectivity index (χ2v) is 11.6. The van der Waals surface area contributed by atoms with Gasteiger partial charge in [0.2, 0.25) is 10.2 Å². The lowest BCUT2D eigenvalue weighted by Gasteiger charge is -1.95. The van der Waals surface area contributed by atoms with Crippen LogP contribution in [-0.4, -0.2) is 21.8 Å². The molecule has 2 aliphatic heterocycles. The Morgan fingerprint density at radius 3 is 1.76 bits per heavy atom. The van der Waals surface area contributed by atoms with Gasteiger partial charge in [0.25, 0.3) is 0 Å². The molecule has 2 aromatic heterocycles. The molecule has 2 saturated heterocycles. The van der Waals surface area contributed by atoms with E-state index in [1.54, 1.807) is 23.5 Å². The molecule has 2 aliphatic rings. The van der Waals surface area contributed by atoms with Gasteiger partial charge in [-0.2, -0.15) is 0 Å². The number of carbonyl (C=O) groups is 4. The molecule has 5 nitrogen and oxygen atoms in total. The number of furan rings is 1. The average Bonchev–Trinajstić information content (AvgIpc) is 3.71. The lowest BCUT2D eigenvalue weighted by atomic mass is 10.2. The first kappa shape index (κ1) is 25.9. The minimum atomic E-state index is -0.132. The third-order valence-electron chi connectivity index (χ3n) is 5.52. The van der Waals surface area contributed by atoms with Crippen LogP contribution in [0.2, 0.25) is 0 Å². The monoisotopic (exact) mass is 556 g/mol. The van der Waals surface area contributed by atoms with Gasteiger partial charge in [-0.3, -0.25) is 19.2 Å². The third kappa shape index (κ3) is 6.39. The van der Waals surface area contributed by atoms with Gasteiger partial charge >= 0.3 is 0 Å². The minimum absolute atomic E-state index is 0.0112. The molecule has 38 heavy (non-hydrogen) atoms. The van der Waals surface area contributed by atoms with Gasteiger partial charge in [-0.15, -0.1) is 11.3 Å². The van der Waals surface area contributed by atoms with E-state index in [0.717, 1.165) is 44.6 Å². The van der Waals surface area contributed by atoms with Gasteiger partial charge in [-0.1, -0.05) is 60.7 Å². The van der Waals surface area contributed by atoms with E-state index in [-0.39, 0.29) is 34.6 Å². The zero-order valence-corrected chi connectivity index (χ0v) is 22.4. The maximum Gasteiger partial charge on any atom is 0.201 e. The number of hydrogen-bond donors (Lipinski definition) is 0. The molecule has 0 unspecified atom stereocenters. The van der Waals surface area contributed by atoms with Crippen molar-refractivity contribution in [3.8, 4) is 21.8 Å². The van der Waals surface area contributed by atoms with Gasteiger partial charge < -0.3 is 4.42 Å². The summed E-state index contributed by atoms with van der Waals surface area (Å²) < 4.78 is 5.66. The molecule has 0 bridgehead atoms. The van der Waals surface area contributed by atoms with Gasteiger partial charge in [-0.05, 0) is 65.5 Å². The second-order valence-electron chi connectivity index (χ2n) is 8.30. The van der Waals surface area contributed by atoms with Crippen molar-refractivity contribution in [2.75, 3.05) is 0 Å². The third-order valence-corrected chi connectivity index (χ3v) is 8.48. The van der Waals surface area contributed by atoms with Crippen LogP contribution in [0.5, 0.6) is 0 Å². The van der Waals surface area contributed by atoms with Crippen LogP contribution in [0.3, 0.4) is 0 Å². The summed E-state index contributed by atoms with van der Waals surface area (Å²) in [7, 11) is 0. The number of thioether (sulfide) groups is 2. The highest BCUT2D eigenvalue weighted by Gasteiger charge is 2.26. The molecule has 4 heterocycles. The maximum absolute atomic E-state index is 11.6. The number of hydrogen-bond acceptors (Lipinski definition) is 8. The molecular weight excluding hydrogens is 537 g/mol. The van der Waals surface area contributed by atoms with Crippen molar-refractivity contribution in [1.29, 1.82) is 0 Å². The van der Waals surface area contributed by atoms with Crippen molar-refractivity contribution in [2.45, 2.75) is 12.8 Å². The Labute approximate surface area is 231 Å². The largest absolute Gasteiger partial charge is 0.457 e. The molecule has 0 N–H and O–H groups in total. The summed E-state index contributed by atoms with van der Waals surface area (Å²) in [5.74, 6) is 1.14. The van der Waals surface area contributed by atoms with Crippen LogP contribution < -0.4 is 0 Å². The van der Waals surface area contributed by atoms with Crippen molar-refractivity contribution in [3.05, 3.63) is 105 Å². The Hall–Kier alpha value is -3.72. The number of ketones is 2. The summed E-state index contributed by atoms with van der Waals surface area (Å²) in [6.07, 6.45) is 3.47.